The molecule has 0 amide bonds. The van der Waals surface area contributed by atoms with Gasteiger partial charge in [-0.3, -0.25) is 0 Å². The van der Waals surface area contributed by atoms with Gasteiger partial charge in [0.25, 0.3) is 0 Å². The van der Waals surface area contributed by atoms with E-state index in [9.17, 15) is 0 Å². The van der Waals surface area contributed by atoms with Crippen LogP contribution in [-0.2, 0) is 11.8 Å². The Morgan fingerprint density at radius 3 is 2.71 bits per heavy atom. The largest absolute Gasteiger partial charge is 0.381 e. The van der Waals surface area contributed by atoms with Crippen molar-refractivity contribution in [2.45, 2.75) is 24.7 Å². The Morgan fingerprint density at radius 2 is 2.14 bits per heavy atom. The van der Waals surface area contributed by atoms with Crippen molar-refractivity contribution in [3.63, 3.8) is 0 Å². The number of hydrogen-bond acceptors (Lipinski definition) is 4. The first-order chi connectivity index (χ1) is 10.2. The van der Waals surface area contributed by atoms with Crippen molar-refractivity contribution < 1.29 is 4.74 Å². The predicted octanol–water partition coefficient (Wildman–Crippen LogP) is 2.52. The van der Waals surface area contributed by atoms with Crippen LogP contribution in [0.4, 0.5) is 0 Å². The van der Waals surface area contributed by atoms with E-state index in [1.807, 2.05) is 17.7 Å². The van der Waals surface area contributed by atoms with Gasteiger partial charge in [0.1, 0.15) is 17.3 Å². The standard InChI is InChI=1S/C15H17ClN4O/c1-20-8-17-19-15(20)14(11-6-21-7-11)10-4-12(9-2-3-9)18-13(16)5-10/h4-5,8-9,11,14H,2-3,6-7H2,1H3. The van der Waals surface area contributed by atoms with E-state index in [1.165, 1.54) is 18.4 Å². The molecule has 0 bridgehead atoms. The normalized spacial score (nSPS) is 20.3. The molecule has 21 heavy (non-hydrogen) atoms. The van der Waals surface area contributed by atoms with E-state index in [4.69, 9.17) is 16.3 Å². The van der Waals surface area contributed by atoms with Crippen LogP contribution in [0.15, 0.2) is 18.5 Å². The number of ether oxygens (including phenoxy) is 1. The second kappa shape index (κ2) is 5.07. The minimum atomic E-state index is 0.171. The van der Waals surface area contributed by atoms with Gasteiger partial charge < -0.3 is 9.30 Å². The molecule has 4 rings (SSSR count). The summed E-state index contributed by atoms with van der Waals surface area (Å²) in [5.74, 6) is 2.15. The minimum Gasteiger partial charge on any atom is -0.381 e. The summed E-state index contributed by atoms with van der Waals surface area (Å²) in [6.07, 6.45) is 4.17. The van der Waals surface area contributed by atoms with Gasteiger partial charge in [-0.25, -0.2) is 4.98 Å². The molecule has 0 radical (unpaired) electrons. The number of nitrogens with zero attached hydrogens (tertiary/aromatic N) is 4. The SMILES string of the molecule is Cn1cnnc1C(c1cc(Cl)nc(C2CC2)c1)C1COC1. The van der Waals surface area contributed by atoms with Crippen molar-refractivity contribution in [2.75, 3.05) is 13.2 Å². The molecule has 1 aliphatic heterocycles. The third-order valence-electron chi connectivity index (χ3n) is 4.35. The Kier molecular flexibility index (Phi) is 3.19. The summed E-state index contributed by atoms with van der Waals surface area (Å²) in [7, 11) is 1.98. The van der Waals surface area contributed by atoms with E-state index in [1.54, 1.807) is 6.33 Å². The summed E-state index contributed by atoms with van der Waals surface area (Å²) in [5.41, 5.74) is 2.30. The summed E-state index contributed by atoms with van der Waals surface area (Å²) in [5, 5.41) is 8.91. The van der Waals surface area contributed by atoms with Crippen LogP contribution in [0, 0.1) is 5.92 Å². The van der Waals surface area contributed by atoms with Crippen molar-refractivity contribution in [1.82, 2.24) is 19.7 Å². The Bertz CT molecular complexity index is 663. The molecule has 1 saturated carbocycles. The van der Waals surface area contributed by atoms with Gasteiger partial charge in [0, 0.05) is 24.6 Å². The highest BCUT2D eigenvalue weighted by molar-refractivity contribution is 6.29. The lowest BCUT2D eigenvalue weighted by atomic mass is 9.84. The van der Waals surface area contributed by atoms with E-state index in [0.717, 1.165) is 24.7 Å². The van der Waals surface area contributed by atoms with Crippen molar-refractivity contribution in [1.29, 1.82) is 0 Å². The highest BCUT2D eigenvalue weighted by Gasteiger charge is 2.35. The number of hydrogen-bond donors (Lipinski definition) is 0. The highest BCUT2D eigenvalue weighted by atomic mass is 35.5. The molecule has 1 saturated heterocycles. The van der Waals surface area contributed by atoms with Gasteiger partial charge in [-0.2, -0.15) is 0 Å². The molecule has 2 aromatic rings. The van der Waals surface area contributed by atoms with Gasteiger partial charge in [-0.1, -0.05) is 11.6 Å². The summed E-state index contributed by atoms with van der Waals surface area (Å²) in [6.45, 7) is 1.52. The quantitative estimate of drug-likeness (QED) is 0.815. The number of aryl methyl sites for hydroxylation is 1. The van der Waals surface area contributed by atoms with E-state index in [-0.39, 0.29) is 5.92 Å². The molecule has 3 heterocycles. The van der Waals surface area contributed by atoms with Crippen molar-refractivity contribution >= 4 is 11.6 Å². The van der Waals surface area contributed by atoms with Crippen LogP contribution in [0.25, 0.3) is 0 Å². The maximum absolute atomic E-state index is 6.25. The third kappa shape index (κ3) is 2.45. The molecule has 0 N–H and O–H groups in total. The first-order valence-electron chi connectivity index (χ1n) is 7.31. The molecule has 110 valence electrons. The molecule has 2 fully saturated rings. The Balaban J connectivity index is 1.77. The van der Waals surface area contributed by atoms with Crippen LogP contribution in [0.2, 0.25) is 5.15 Å². The van der Waals surface area contributed by atoms with Gasteiger partial charge in [-0.05, 0) is 30.5 Å². The molecule has 0 aromatic carbocycles. The summed E-state index contributed by atoms with van der Waals surface area (Å²) < 4.78 is 7.37. The van der Waals surface area contributed by atoms with E-state index >= 15 is 0 Å². The fraction of sp³-hybridized carbons (Fsp3) is 0.533. The van der Waals surface area contributed by atoms with Crippen LogP contribution >= 0.6 is 11.6 Å². The molecule has 6 heteroatoms. The Hall–Kier alpha value is -1.46. The first-order valence-corrected chi connectivity index (χ1v) is 7.69. The van der Waals surface area contributed by atoms with E-state index < -0.39 is 0 Å². The van der Waals surface area contributed by atoms with Crippen molar-refractivity contribution in [3.05, 3.63) is 40.7 Å². The van der Waals surface area contributed by atoms with Crippen LogP contribution in [-0.4, -0.2) is 33.0 Å². The number of rotatable bonds is 4. The van der Waals surface area contributed by atoms with Gasteiger partial charge in [0.15, 0.2) is 0 Å². The van der Waals surface area contributed by atoms with Gasteiger partial charge in [0.2, 0.25) is 0 Å². The van der Waals surface area contributed by atoms with Crippen LogP contribution in [0.5, 0.6) is 0 Å². The molecule has 1 unspecified atom stereocenters. The highest BCUT2D eigenvalue weighted by Crippen LogP contribution is 2.42. The molecular weight excluding hydrogens is 288 g/mol. The molecule has 1 aliphatic carbocycles. The number of halogens is 1. The lowest BCUT2D eigenvalue weighted by Gasteiger charge is -2.33. The van der Waals surface area contributed by atoms with E-state index in [0.29, 0.717) is 17.0 Å². The maximum atomic E-state index is 6.25. The molecule has 0 spiro atoms. The van der Waals surface area contributed by atoms with Gasteiger partial charge in [0.05, 0.1) is 19.1 Å². The summed E-state index contributed by atoms with van der Waals surface area (Å²) in [4.78, 5) is 4.48. The second-order valence-electron chi connectivity index (χ2n) is 6.00. The molecule has 2 aromatic heterocycles. The average molecular weight is 305 g/mol. The average Bonchev–Trinajstić information content (AvgIpc) is 3.16. The van der Waals surface area contributed by atoms with Gasteiger partial charge >= 0.3 is 0 Å². The fourth-order valence-electron chi connectivity index (χ4n) is 2.96. The van der Waals surface area contributed by atoms with Crippen LogP contribution in [0.3, 0.4) is 0 Å². The van der Waals surface area contributed by atoms with Crippen molar-refractivity contribution in [2.24, 2.45) is 13.0 Å². The maximum Gasteiger partial charge on any atom is 0.140 e. The van der Waals surface area contributed by atoms with E-state index in [2.05, 4.69) is 21.2 Å². The Labute approximate surface area is 128 Å². The molecule has 2 aliphatic rings. The minimum absolute atomic E-state index is 0.171. The predicted molar refractivity (Wildman–Crippen MR) is 78.4 cm³/mol. The summed E-state index contributed by atoms with van der Waals surface area (Å²) in [6, 6.07) is 4.16. The Morgan fingerprint density at radius 1 is 1.33 bits per heavy atom. The lowest BCUT2D eigenvalue weighted by molar-refractivity contribution is -0.0407. The zero-order valence-corrected chi connectivity index (χ0v) is 12.6. The number of aromatic nitrogens is 4. The molecule has 5 nitrogen and oxygen atoms in total. The summed E-state index contributed by atoms with van der Waals surface area (Å²) >= 11 is 6.25. The fourth-order valence-corrected chi connectivity index (χ4v) is 3.18. The first kappa shape index (κ1) is 13.2. The zero-order chi connectivity index (χ0) is 14.4. The van der Waals surface area contributed by atoms with Crippen LogP contribution < -0.4 is 0 Å². The molecular formula is C15H17ClN4O. The monoisotopic (exact) mass is 304 g/mol. The number of pyridine rings is 1. The van der Waals surface area contributed by atoms with Crippen molar-refractivity contribution in [3.8, 4) is 0 Å². The topological polar surface area (TPSA) is 52.8 Å². The third-order valence-corrected chi connectivity index (χ3v) is 4.54. The zero-order valence-electron chi connectivity index (χ0n) is 11.9. The second-order valence-corrected chi connectivity index (χ2v) is 6.38. The smallest absolute Gasteiger partial charge is 0.140 e. The lowest BCUT2D eigenvalue weighted by Crippen LogP contribution is -2.35. The molecule has 1 atom stereocenters. The van der Waals surface area contributed by atoms with Crippen LogP contribution in [0.1, 0.15) is 41.8 Å². The van der Waals surface area contributed by atoms with Gasteiger partial charge in [-0.15, -0.1) is 10.2 Å².